The van der Waals surface area contributed by atoms with E-state index in [1.807, 2.05) is 24.3 Å². The summed E-state index contributed by atoms with van der Waals surface area (Å²) in [4.78, 5) is 20.0. The van der Waals surface area contributed by atoms with Crippen molar-refractivity contribution in [3.63, 3.8) is 0 Å². The molecule has 1 aromatic heterocycles. The third kappa shape index (κ3) is 3.13. The lowest BCUT2D eigenvalue weighted by molar-refractivity contribution is 0.0622. The molecule has 3 fully saturated rings. The number of carbonyl (C=O) groups excluding carboxylic acids is 1. The maximum atomic E-state index is 12.5. The van der Waals surface area contributed by atoms with E-state index in [0.717, 1.165) is 17.1 Å². The summed E-state index contributed by atoms with van der Waals surface area (Å²) in [7, 11) is 0. The summed E-state index contributed by atoms with van der Waals surface area (Å²) in [5, 5.41) is 4.76. The van der Waals surface area contributed by atoms with E-state index in [4.69, 9.17) is 11.6 Å². The Balaban J connectivity index is 1.46. The van der Waals surface area contributed by atoms with Crippen LogP contribution >= 0.6 is 22.9 Å². The predicted molar refractivity (Wildman–Crippen MR) is 93.0 cm³/mol. The molecule has 1 aromatic carbocycles. The second-order valence-electron chi connectivity index (χ2n) is 6.25. The van der Waals surface area contributed by atoms with Gasteiger partial charge in [-0.1, -0.05) is 23.7 Å². The number of rotatable bonds is 3. The molecule has 3 aliphatic heterocycles. The van der Waals surface area contributed by atoms with E-state index < -0.39 is 0 Å². The Hall–Kier alpha value is -1.43. The number of hydrogen-bond donors (Lipinski definition) is 1. The summed E-state index contributed by atoms with van der Waals surface area (Å²) in [6.45, 7) is 3.34. The Morgan fingerprint density at radius 2 is 2.00 bits per heavy atom. The molecule has 0 spiro atoms. The highest BCUT2D eigenvalue weighted by molar-refractivity contribution is 7.16. The van der Waals surface area contributed by atoms with Crippen molar-refractivity contribution in [3.05, 3.63) is 40.4 Å². The molecule has 2 aromatic rings. The molecule has 0 aliphatic carbocycles. The molecule has 1 N–H and O–H groups in total. The van der Waals surface area contributed by atoms with Gasteiger partial charge in [0.05, 0.1) is 6.20 Å². The Labute approximate surface area is 144 Å². The quantitative estimate of drug-likeness (QED) is 0.926. The first-order chi connectivity index (χ1) is 11.2. The number of amides is 1. The van der Waals surface area contributed by atoms with E-state index in [0.29, 0.717) is 15.8 Å². The van der Waals surface area contributed by atoms with Crippen LogP contribution in [-0.4, -0.2) is 41.5 Å². The highest BCUT2D eigenvalue weighted by Gasteiger charge is 2.35. The molecule has 4 heterocycles. The van der Waals surface area contributed by atoms with Crippen molar-refractivity contribution in [2.45, 2.75) is 18.9 Å². The van der Waals surface area contributed by atoms with E-state index in [1.54, 1.807) is 6.20 Å². The van der Waals surface area contributed by atoms with Gasteiger partial charge >= 0.3 is 0 Å². The number of benzene rings is 1. The van der Waals surface area contributed by atoms with Gasteiger partial charge in [0.2, 0.25) is 0 Å². The fourth-order valence-electron chi connectivity index (χ4n) is 3.47. The number of piperidine rings is 3. The molecule has 5 rings (SSSR count). The lowest BCUT2D eigenvalue weighted by Crippen LogP contribution is -2.57. The second-order valence-corrected chi connectivity index (χ2v) is 7.72. The number of aromatic nitrogens is 1. The monoisotopic (exact) mass is 347 g/mol. The summed E-state index contributed by atoms with van der Waals surface area (Å²) < 4.78 is 0. The molecule has 0 saturated carbocycles. The zero-order chi connectivity index (χ0) is 15.8. The topological polar surface area (TPSA) is 45.2 Å². The van der Waals surface area contributed by atoms with Crippen LogP contribution in [0.1, 0.15) is 22.5 Å². The standard InChI is InChI=1S/C17H18ClN3OS/c18-13-3-1-12(2-4-13)17-19-9-15(23-17)16(22)20-14-10-21-7-5-11(14)6-8-21/h1-4,9,11,14H,5-8,10H2,(H,20,22). The lowest BCUT2D eigenvalue weighted by Gasteiger charge is -2.44. The van der Waals surface area contributed by atoms with Crippen LogP contribution in [0.5, 0.6) is 0 Å². The SMILES string of the molecule is O=C(NC1CN2CCC1CC2)c1cnc(-c2ccc(Cl)cc2)s1. The number of halogens is 1. The highest BCUT2D eigenvalue weighted by Crippen LogP contribution is 2.29. The van der Waals surface area contributed by atoms with Gasteiger partial charge in [-0.2, -0.15) is 0 Å². The number of fused-ring (bicyclic) bond motifs is 3. The average molecular weight is 348 g/mol. The summed E-state index contributed by atoms with van der Waals surface area (Å²) in [5.74, 6) is 0.633. The zero-order valence-corrected chi connectivity index (χ0v) is 14.2. The van der Waals surface area contributed by atoms with Gasteiger partial charge in [-0.15, -0.1) is 11.3 Å². The van der Waals surface area contributed by atoms with Crippen molar-refractivity contribution in [2.75, 3.05) is 19.6 Å². The first kappa shape index (κ1) is 15.1. The maximum absolute atomic E-state index is 12.5. The van der Waals surface area contributed by atoms with E-state index in [1.165, 1.54) is 37.3 Å². The molecular weight excluding hydrogens is 330 g/mol. The number of hydrogen-bond acceptors (Lipinski definition) is 4. The van der Waals surface area contributed by atoms with Crippen molar-refractivity contribution in [1.29, 1.82) is 0 Å². The van der Waals surface area contributed by atoms with E-state index >= 15 is 0 Å². The molecule has 4 nitrogen and oxygen atoms in total. The first-order valence-electron chi connectivity index (χ1n) is 7.94. The van der Waals surface area contributed by atoms with E-state index in [-0.39, 0.29) is 11.9 Å². The van der Waals surface area contributed by atoms with Crippen LogP contribution in [0, 0.1) is 5.92 Å². The van der Waals surface area contributed by atoms with Gasteiger partial charge in [-0.3, -0.25) is 4.79 Å². The Morgan fingerprint density at radius 3 is 2.65 bits per heavy atom. The largest absolute Gasteiger partial charge is 0.347 e. The van der Waals surface area contributed by atoms with Gasteiger partial charge in [0.25, 0.3) is 5.91 Å². The Bertz CT molecular complexity index is 707. The van der Waals surface area contributed by atoms with Gasteiger partial charge in [-0.05, 0) is 44.0 Å². The maximum Gasteiger partial charge on any atom is 0.263 e. The van der Waals surface area contributed by atoms with Gasteiger partial charge in [0.1, 0.15) is 9.88 Å². The molecule has 0 radical (unpaired) electrons. The van der Waals surface area contributed by atoms with Gasteiger partial charge in [0.15, 0.2) is 0 Å². The van der Waals surface area contributed by atoms with Crippen LogP contribution in [0.25, 0.3) is 10.6 Å². The van der Waals surface area contributed by atoms with Crippen molar-refractivity contribution in [1.82, 2.24) is 15.2 Å². The van der Waals surface area contributed by atoms with Crippen LogP contribution in [0.15, 0.2) is 30.5 Å². The van der Waals surface area contributed by atoms with Crippen molar-refractivity contribution >= 4 is 28.8 Å². The number of nitrogens with zero attached hydrogens (tertiary/aromatic N) is 2. The molecule has 120 valence electrons. The molecule has 3 aliphatic rings. The van der Waals surface area contributed by atoms with E-state index in [9.17, 15) is 4.79 Å². The Kier molecular flexibility index (Phi) is 4.09. The molecular formula is C17H18ClN3OS. The van der Waals surface area contributed by atoms with Crippen LogP contribution in [0.4, 0.5) is 0 Å². The van der Waals surface area contributed by atoms with Gasteiger partial charge < -0.3 is 10.2 Å². The highest BCUT2D eigenvalue weighted by atomic mass is 35.5. The molecule has 1 amide bonds. The summed E-state index contributed by atoms with van der Waals surface area (Å²) in [6, 6.07) is 7.81. The first-order valence-corrected chi connectivity index (χ1v) is 9.13. The molecule has 2 bridgehead atoms. The number of thiazole rings is 1. The third-order valence-electron chi connectivity index (χ3n) is 4.79. The van der Waals surface area contributed by atoms with Gasteiger partial charge in [-0.25, -0.2) is 4.98 Å². The summed E-state index contributed by atoms with van der Waals surface area (Å²) in [6.07, 6.45) is 4.07. The predicted octanol–water partition coefficient (Wildman–Crippen LogP) is 3.29. The molecule has 1 unspecified atom stereocenters. The van der Waals surface area contributed by atoms with Crippen LogP contribution in [-0.2, 0) is 0 Å². The minimum Gasteiger partial charge on any atom is -0.347 e. The van der Waals surface area contributed by atoms with Crippen molar-refractivity contribution in [2.24, 2.45) is 5.92 Å². The molecule has 23 heavy (non-hydrogen) atoms. The fourth-order valence-corrected chi connectivity index (χ4v) is 4.42. The zero-order valence-electron chi connectivity index (χ0n) is 12.7. The average Bonchev–Trinajstić information content (AvgIpc) is 3.07. The van der Waals surface area contributed by atoms with Crippen LogP contribution in [0.2, 0.25) is 5.02 Å². The third-order valence-corrected chi connectivity index (χ3v) is 6.09. The van der Waals surface area contributed by atoms with Crippen molar-refractivity contribution < 1.29 is 4.79 Å². The molecule has 6 heteroatoms. The fraction of sp³-hybridized carbons (Fsp3) is 0.412. The summed E-state index contributed by atoms with van der Waals surface area (Å²) in [5.41, 5.74) is 0.987. The van der Waals surface area contributed by atoms with Crippen LogP contribution in [0.3, 0.4) is 0 Å². The van der Waals surface area contributed by atoms with Crippen molar-refractivity contribution in [3.8, 4) is 10.6 Å². The number of carbonyl (C=O) groups is 1. The van der Waals surface area contributed by atoms with Gasteiger partial charge in [0, 0.05) is 23.2 Å². The second kappa shape index (κ2) is 6.23. The number of nitrogens with one attached hydrogen (secondary N) is 1. The molecule has 1 atom stereocenters. The summed E-state index contributed by atoms with van der Waals surface area (Å²) >= 11 is 7.34. The smallest absolute Gasteiger partial charge is 0.263 e. The lowest BCUT2D eigenvalue weighted by atomic mass is 9.84. The molecule has 3 saturated heterocycles. The van der Waals surface area contributed by atoms with E-state index in [2.05, 4.69) is 15.2 Å². The van der Waals surface area contributed by atoms with Crippen LogP contribution < -0.4 is 5.32 Å². The Morgan fingerprint density at radius 1 is 1.26 bits per heavy atom. The minimum absolute atomic E-state index is 0.00136. The normalized spacial score (nSPS) is 26.2. The minimum atomic E-state index is 0.00136.